The molecule has 1 atom stereocenters. The Morgan fingerprint density at radius 1 is 1.42 bits per heavy atom. The van der Waals surface area contributed by atoms with E-state index in [2.05, 4.69) is 35.5 Å². The van der Waals surface area contributed by atoms with Crippen molar-refractivity contribution in [1.29, 1.82) is 0 Å². The number of hydrogen-bond donors (Lipinski definition) is 2. The monoisotopic (exact) mass is 364 g/mol. The predicted molar refractivity (Wildman–Crippen MR) is 102 cm³/mol. The van der Waals surface area contributed by atoms with Gasteiger partial charge in [0.2, 0.25) is 0 Å². The Labute approximate surface area is 156 Å². The van der Waals surface area contributed by atoms with Gasteiger partial charge in [0.15, 0.2) is 0 Å². The molecule has 26 heavy (non-hydrogen) atoms. The molecule has 6 nitrogen and oxygen atoms in total. The molecule has 3 rings (SSSR count). The van der Waals surface area contributed by atoms with Crippen molar-refractivity contribution in [3.05, 3.63) is 29.3 Å². The Kier molecular flexibility index (Phi) is 8.03. The van der Waals surface area contributed by atoms with E-state index < -0.39 is 0 Å². The van der Waals surface area contributed by atoms with Crippen LogP contribution in [0.15, 0.2) is 18.2 Å². The zero-order valence-electron chi connectivity index (χ0n) is 16.2. The Hall–Kier alpha value is -1.47. The number of fused-ring (bicyclic) bond motifs is 2. The first-order valence-electron chi connectivity index (χ1n) is 9.32. The van der Waals surface area contributed by atoms with Gasteiger partial charge in [-0.3, -0.25) is 4.90 Å². The van der Waals surface area contributed by atoms with E-state index in [1.54, 1.807) is 14.0 Å². The first-order chi connectivity index (χ1) is 12.5. The number of likely N-dealkylation sites (N-methyl/N-ethyl adjacent to an activating group) is 1. The van der Waals surface area contributed by atoms with Gasteiger partial charge >= 0.3 is 0 Å². The SMILES string of the molecule is CC(O)CNCC=O.COc1ccc2c(c1)CCN(C)C21CCOCC1. The highest BCUT2D eigenvalue weighted by Crippen LogP contribution is 2.42. The molecule has 1 saturated heterocycles. The number of benzene rings is 1. The first-order valence-corrected chi connectivity index (χ1v) is 9.32. The lowest BCUT2D eigenvalue weighted by Crippen LogP contribution is -2.51. The molecule has 2 aliphatic heterocycles. The summed E-state index contributed by atoms with van der Waals surface area (Å²) in [6.45, 7) is 5.34. The molecule has 1 aromatic rings. The van der Waals surface area contributed by atoms with Gasteiger partial charge in [0.25, 0.3) is 0 Å². The van der Waals surface area contributed by atoms with Gasteiger partial charge in [-0.2, -0.15) is 0 Å². The number of carbonyl (C=O) groups excluding carboxylic acids is 1. The van der Waals surface area contributed by atoms with E-state index in [1.165, 1.54) is 11.1 Å². The fourth-order valence-electron chi connectivity index (χ4n) is 3.78. The van der Waals surface area contributed by atoms with Gasteiger partial charge in [0.1, 0.15) is 12.0 Å². The van der Waals surface area contributed by atoms with E-state index in [0.29, 0.717) is 13.1 Å². The third-order valence-electron chi connectivity index (χ3n) is 5.25. The van der Waals surface area contributed by atoms with Gasteiger partial charge in [-0.25, -0.2) is 0 Å². The second-order valence-corrected chi connectivity index (χ2v) is 7.01. The summed E-state index contributed by atoms with van der Waals surface area (Å²) in [5, 5.41) is 11.3. The second kappa shape index (κ2) is 10.0. The summed E-state index contributed by atoms with van der Waals surface area (Å²) in [4.78, 5) is 12.2. The average Bonchev–Trinajstić information content (AvgIpc) is 2.66. The van der Waals surface area contributed by atoms with Crippen LogP contribution in [0.3, 0.4) is 0 Å². The van der Waals surface area contributed by atoms with Crippen LogP contribution in [-0.2, 0) is 21.5 Å². The van der Waals surface area contributed by atoms with Crippen LogP contribution in [0.1, 0.15) is 30.9 Å². The van der Waals surface area contributed by atoms with Crippen molar-refractivity contribution in [2.75, 3.05) is 47.0 Å². The molecule has 146 valence electrons. The molecule has 0 radical (unpaired) electrons. The lowest BCUT2D eigenvalue weighted by molar-refractivity contribution is -0.107. The molecule has 0 bridgehead atoms. The fourth-order valence-corrected chi connectivity index (χ4v) is 3.78. The van der Waals surface area contributed by atoms with Crippen LogP contribution < -0.4 is 10.1 Å². The molecule has 0 amide bonds. The van der Waals surface area contributed by atoms with Crippen LogP contribution in [0.2, 0.25) is 0 Å². The lowest BCUT2D eigenvalue weighted by atomic mass is 9.76. The summed E-state index contributed by atoms with van der Waals surface area (Å²) in [6, 6.07) is 6.56. The van der Waals surface area contributed by atoms with Crippen LogP contribution in [0.5, 0.6) is 5.75 Å². The number of hydrogen-bond acceptors (Lipinski definition) is 6. The molecule has 2 aliphatic rings. The zero-order chi connectivity index (χ0) is 19.0. The number of aldehydes is 1. The highest BCUT2D eigenvalue weighted by molar-refractivity contribution is 5.51. The number of rotatable bonds is 5. The Bertz CT molecular complexity index is 571. The van der Waals surface area contributed by atoms with Gasteiger partial charge in [-0.1, -0.05) is 6.07 Å². The Balaban J connectivity index is 0.000000260. The maximum atomic E-state index is 9.64. The van der Waals surface area contributed by atoms with Gasteiger partial charge in [-0.05, 0) is 56.5 Å². The quantitative estimate of drug-likeness (QED) is 0.607. The molecular weight excluding hydrogens is 332 g/mol. The minimum Gasteiger partial charge on any atom is -0.497 e. The number of nitrogens with zero attached hydrogens (tertiary/aromatic N) is 1. The van der Waals surface area contributed by atoms with E-state index >= 15 is 0 Å². The van der Waals surface area contributed by atoms with Crippen LogP contribution in [0.4, 0.5) is 0 Å². The number of methoxy groups -OCH3 is 1. The molecule has 0 saturated carbocycles. The zero-order valence-corrected chi connectivity index (χ0v) is 16.2. The minimum atomic E-state index is -0.366. The highest BCUT2D eigenvalue weighted by Gasteiger charge is 2.41. The standard InChI is InChI=1S/C15H21NO2.C5H11NO2/c1-16-8-5-12-11-13(17-2)3-4-14(12)15(16)6-9-18-10-7-15;1-5(8)4-6-2-3-7/h3-4,11H,5-10H2,1-2H3;3,5-6,8H,2,4H2,1H3. The average molecular weight is 364 g/mol. The molecule has 2 heterocycles. The van der Waals surface area contributed by atoms with Crippen molar-refractivity contribution in [3.63, 3.8) is 0 Å². The van der Waals surface area contributed by atoms with Crippen LogP contribution in [0, 0.1) is 0 Å². The molecule has 0 aromatic heterocycles. The van der Waals surface area contributed by atoms with E-state index in [-0.39, 0.29) is 11.6 Å². The maximum Gasteiger partial charge on any atom is 0.133 e. The van der Waals surface area contributed by atoms with Gasteiger partial charge < -0.3 is 24.7 Å². The predicted octanol–water partition coefficient (Wildman–Crippen LogP) is 1.34. The fraction of sp³-hybridized carbons (Fsp3) is 0.650. The number of aliphatic hydroxyl groups is 1. The molecule has 1 spiro atoms. The molecule has 1 fully saturated rings. The Morgan fingerprint density at radius 2 is 2.15 bits per heavy atom. The summed E-state index contributed by atoms with van der Waals surface area (Å²) in [6.07, 6.45) is 3.72. The Morgan fingerprint density at radius 3 is 2.77 bits per heavy atom. The summed E-state index contributed by atoms with van der Waals surface area (Å²) in [5.74, 6) is 0.973. The summed E-state index contributed by atoms with van der Waals surface area (Å²) in [7, 11) is 3.99. The normalized spacial score (nSPS) is 19.8. The highest BCUT2D eigenvalue weighted by atomic mass is 16.5. The van der Waals surface area contributed by atoms with Crippen molar-refractivity contribution in [1.82, 2.24) is 10.2 Å². The van der Waals surface area contributed by atoms with E-state index in [9.17, 15) is 4.79 Å². The molecule has 0 aliphatic carbocycles. The van der Waals surface area contributed by atoms with Crippen LogP contribution in [0.25, 0.3) is 0 Å². The second-order valence-electron chi connectivity index (χ2n) is 7.01. The number of nitrogens with one attached hydrogen (secondary N) is 1. The van der Waals surface area contributed by atoms with Gasteiger partial charge in [0.05, 0.1) is 25.3 Å². The molecule has 6 heteroatoms. The van der Waals surface area contributed by atoms with Gasteiger partial charge in [-0.15, -0.1) is 0 Å². The van der Waals surface area contributed by atoms with E-state index in [4.69, 9.17) is 14.6 Å². The largest absolute Gasteiger partial charge is 0.497 e. The summed E-state index contributed by atoms with van der Waals surface area (Å²) in [5.41, 5.74) is 3.13. The maximum absolute atomic E-state index is 9.64. The molecule has 1 aromatic carbocycles. The third kappa shape index (κ3) is 5.04. The first kappa shape index (κ1) is 20.8. The third-order valence-corrected chi connectivity index (χ3v) is 5.25. The topological polar surface area (TPSA) is 71.0 Å². The molecular formula is C20H32N2O4. The van der Waals surface area contributed by atoms with Crippen molar-refractivity contribution in [3.8, 4) is 5.75 Å². The number of carbonyl (C=O) groups is 1. The van der Waals surface area contributed by atoms with E-state index in [0.717, 1.165) is 51.1 Å². The smallest absolute Gasteiger partial charge is 0.133 e. The number of ether oxygens (including phenoxy) is 2. The van der Waals surface area contributed by atoms with Crippen molar-refractivity contribution >= 4 is 6.29 Å². The molecule has 2 N–H and O–H groups in total. The minimum absolute atomic E-state index is 0.193. The lowest BCUT2D eigenvalue weighted by Gasteiger charge is -2.49. The van der Waals surface area contributed by atoms with Crippen LogP contribution in [-0.4, -0.2) is 69.4 Å². The molecule has 1 unspecified atom stereocenters. The van der Waals surface area contributed by atoms with Crippen LogP contribution >= 0.6 is 0 Å². The van der Waals surface area contributed by atoms with Crippen molar-refractivity contribution < 1.29 is 19.4 Å². The number of aliphatic hydroxyl groups excluding tert-OH is 1. The summed E-state index contributed by atoms with van der Waals surface area (Å²) < 4.78 is 10.9. The summed E-state index contributed by atoms with van der Waals surface area (Å²) >= 11 is 0. The van der Waals surface area contributed by atoms with E-state index in [1.807, 2.05) is 0 Å². The van der Waals surface area contributed by atoms with Crippen molar-refractivity contribution in [2.45, 2.75) is 37.8 Å². The van der Waals surface area contributed by atoms with Crippen molar-refractivity contribution in [2.24, 2.45) is 0 Å². The van der Waals surface area contributed by atoms with Gasteiger partial charge in [0, 0.05) is 26.3 Å².